The van der Waals surface area contributed by atoms with Gasteiger partial charge in [-0.05, 0) is 86.6 Å². The Bertz CT molecular complexity index is 1620. The van der Waals surface area contributed by atoms with Gasteiger partial charge >= 0.3 is 11.9 Å². The topological polar surface area (TPSA) is 163 Å². The van der Waals surface area contributed by atoms with Crippen molar-refractivity contribution < 1.29 is 48.0 Å². The van der Waals surface area contributed by atoms with Crippen LogP contribution in [0.5, 0.6) is 11.5 Å². The molecule has 1 saturated heterocycles. The number of ketones is 1. The van der Waals surface area contributed by atoms with E-state index in [1.165, 1.54) is 19.1 Å². The summed E-state index contributed by atoms with van der Waals surface area (Å²) in [6.45, 7) is 4.09. The summed E-state index contributed by atoms with van der Waals surface area (Å²) in [6.07, 6.45) is 2.53. The highest BCUT2D eigenvalue weighted by Gasteiger charge is 2.27. The molecule has 3 aromatic carbocycles. The van der Waals surface area contributed by atoms with Crippen molar-refractivity contribution >= 4 is 40.9 Å². The first-order valence-electron chi connectivity index (χ1n) is 14.8. The number of fused-ring (bicyclic) bond motifs is 1. The van der Waals surface area contributed by atoms with Crippen LogP contribution in [0.2, 0.25) is 0 Å². The lowest BCUT2D eigenvalue weighted by molar-refractivity contribution is -0.134. The molecule has 0 unspecified atom stereocenters. The molecule has 0 atom stereocenters. The maximum Gasteiger partial charge on any atom is 0.328 e. The first-order valence-corrected chi connectivity index (χ1v) is 14.8. The lowest BCUT2D eigenvalue weighted by atomic mass is 9.89. The average Bonchev–Trinajstić information content (AvgIpc) is 3.53. The molecule has 1 fully saturated rings. The number of Topliss-reactive ketones (excluding diaryl/α,β-unsaturated/α-hetero) is 1. The number of carbonyl (C=O) groups is 5. The zero-order valence-corrected chi connectivity index (χ0v) is 25.6. The Labute approximate surface area is 270 Å². The number of piperidine rings is 1. The summed E-state index contributed by atoms with van der Waals surface area (Å²) in [6, 6.07) is 18.0. The first-order chi connectivity index (χ1) is 22.5. The van der Waals surface area contributed by atoms with Gasteiger partial charge in [-0.2, -0.15) is 0 Å². The molecule has 0 radical (unpaired) electrons. The maximum atomic E-state index is 13.7. The molecule has 13 heteroatoms. The number of carbonyl (C=O) groups excluding carboxylic acids is 3. The number of ether oxygens (including phenoxy) is 2. The fraction of sp³-hybridized carbons (Fsp3) is 0.265. The molecule has 3 aromatic rings. The third kappa shape index (κ3) is 9.96. The Morgan fingerprint density at radius 3 is 2.06 bits per heavy atom. The van der Waals surface area contributed by atoms with Crippen LogP contribution < -0.4 is 19.7 Å². The van der Waals surface area contributed by atoms with Crippen LogP contribution in [0.4, 0.5) is 15.8 Å². The van der Waals surface area contributed by atoms with E-state index < -0.39 is 11.9 Å². The molecule has 3 N–H and O–H groups in total. The van der Waals surface area contributed by atoms with Crippen molar-refractivity contribution in [3.63, 3.8) is 0 Å². The largest absolute Gasteiger partial charge is 0.478 e. The predicted molar refractivity (Wildman–Crippen MR) is 169 cm³/mol. The van der Waals surface area contributed by atoms with Gasteiger partial charge in [0, 0.05) is 66.7 Å². The number of anilines is 2. The summed E-state index contributed by atoms with van der Waals surface area (Å²) in [4.78, 5) is 60.9. The van der Waals surface area contributed by atoms with Gasteiger partial charge in [0.25, 0.3) is 5.91 Å². The van der Waals surface area contributed by atoms with Crippen LogP contribution in [-0.2, 0) is 14.4 Å². The molecule has 2 heterocycles. The molecule has 246 valence electrons. The fourth-order valence-electron chi connectivity index (χ4n) is 5.11. The normalized spacial score (nSPS) is 14.2. The number of rotatable bonds is 10. The van der Waals surface area contributed by atoms with Crippen molar-refractivity contribution in [2.24, 2.45) is 5.92 Å². The van der Waals surface area contributed by atoms with E-state index in [9.17, 15) is 28.4 Å². The van der Waals surface area contributed by atoms with Gasteiger partial charge in [-0.15, -0.1) is 0 Å². The number of likely N-dealkylation sites (tertiary alicyclic amines) is 1. The van der Waals surface area contributed by atoms with E-state index in [1.807, 2.05) is 6.07 Å². The highest BCUT2D eigenvalue weighted by molar-refractivity contribution is 6.06. The van der Waals surface area contributed by atoms with Gasteiger partial charge in [-0.3, -0.25) is 14.4 Å². The van der Waals surface area contributed by atoms with Gasteiger partial charge in [-0.25, -0.2) is 14.0 Å². The second-order valence-corrected chi connectivity index (χ2v) is 10.7. The Morgan fingerprint density at radius 1 is 0.872 bits per heavy atom. The highest BCUT2D eigenvalue weighted by atomic mass is 19.1. The molecule has 2 aliphatic heterocycles. The first kappa shape index (κ1) is 34.3. The van der Waals surface area contributed by atoms with E-state index in [4.69, 9.17) is 19.7 Å². The number of hydrogen-bond donors (Lipinski definition) is 3. The molecule has 47 heavy (non-hydrogen) atoms. The third-order valence-corrected chi connectivity index (χ3v) is 7.46. The minimum atomic E-state index is -1.26. The number of aliphatic carboxylic acids is 2. The second-order valence-electron chi connectivity index (χ2n) is 10.7. The van der Waals surface area contributed by atoms with Crippen LogP contribution in [0.25, 0.3) is 0 Å². The summed E-state index contributed by atoms with van der Waals surface area (Å²) in [5.41, 5.74) is 2.34. The van der Waals surface area contributed by atoms with Gasteiger partial charge in [0.15, 0.2) is 17.3 Å². The molecule has 2 aliphatic rings. The van der Waals surface area contributed by atoms with Gasteiger partial charge < -0.3 is 34.8 Å². The zero-order valence-electron chi connectivity index (χ0n) is 25.6. The van der Waals surface area contributed by atoms with E-state index in [0.717, 1.165) is 13.1 Å². The lowest BCUT2D eigenvalue weighted by Crippen LogP contribution is -2.42. The standard InChI is InChI=1S/C30H30FN3O5.C4H4O4/c1-20(35)32-25-8-4-23(5-9-25)30(37)34(26-10-11-27-28(18-26)39-19-38-27)17-16-33-14-12-22(13-15-33)29(36)21-2-6-24(31)7-3-21;5-3(6)1-2-4(7)8/h2-11,18,22H,12-17,19H2,1H3,(H,32,35);1-2H,(H,5,6)(H,7,8)/b;2-1+. The van der Waals surface area contributed by atoms with E-state index in [0.29, 0.717) is 72.1 Å². The molecule has 5 rings (SSSR count). The SMILES string of the molecule is CC(=O)Nc1ccc(C(=O)N(CCN2CCC(C(=O)c3ccc(F)cc3)CC2)c2ccc3c(c2)OCO3)cc1.O=C(O)/C=C/C(=O)O. The average molecular weight is 648 g/mol. The Hall–Kier alpha value is -5.56. The van der Waals surface area contributed by atoms with Crippen LogP contribution in [0, 0.1) is 11.7 Å². The number of hydrogen-bond acceptors (Lipinski definition) is 8. The quantitative estimate of drug-likeness (QED) is 0.211. The molecule has 2 amide bonds. The van der Waals surface area contributed by atoms with Crippen LogP contribution in [-0.4, -0.2) is 77.6 Å². The molecule has 12 nitrogen and oxygen atoms in total. The molecule has 0 saturated carbocycles. The van der Waals surface area contributed by atoms with Gasteiger partial charge in [0.1, 0.15) is 5.82 Å². The van der Waals surface area contributed by atoms with Crippen LogP contribution in [0.1, 0.15) is 40.5 Å². The van der Waals surface area contributed by atoms with E-state index in [1.54, 1.807) is 53.4 Å². The Balaban J connectivity index is 0.000000555. The number of carboxylic acid groups (broad SMARTS) is 2. The maximum absolute atomic E-state index is 13.7. The van der Waals surface area contributed by atoms with Gasteiger partial charge in [0.2, 0.25) is 12.7 Å². The molecule has 0 aromatic heterocycles. The summed E-state index contributed by atoms with van der Waals surface area (Å²) in [5.74, 6) is -2.05. The number of halogens is 1. The van der Waals surface area contributed by atoms with Crippen molar-refractivity contribution in [2.45, 2.75) is 19.8 Å². The van der Waals surface area contributed by atoms with Gasteiger partial charge in [0.05, 0.1) is 0 Å². The third-order valence-electron chi connectivity index (χ3n) is 7.46. The molecule has 0 bridgehead atoms. The molecule has 0 aliphatic carbocycles. The summed E-state index contributed by atoms with van der Waals surface area (Å²) in [7, 11) is 0. The monoisotopic (exact) mass is 647 g/mol. The number of nitrogens with one attached hydrogen (secondary N) is 1. The van der Waals surface area contributed by atoms with E-state index in [2.05, 4.69) is 10.2 Å². The van der Waals surface area contributed by atoms with Crippen LogP contribution in [0.3, 0.4) is 0 Å². The van der Waals surface area contributed by atoms with Crippen molar-refractivity contribution in [1.29, 1.82) is 0 Å². The fourth-order valence-corrected chi connectivity index (χ4v) is 5.11. The van der Waals surface area contributed by atoms with Crippen molar-refractivity contribution in [3.8, 4) is 11.5 Å². The molecular formula is C34H34FN3O9. The summed E-state index contributed by atoms with van der Waals surface area (Å²) < 4.78 is 24.2. The van der Waals surface area contributed by atoms with Crippen LogP contribution >= 0.6 is 0 Å². The Kier molecular flexibility index (Phi) is 11.8. The predicted octanol–water partition coefficient (Wildman–Crippen LogP) is 4.47. The minimum absolute atomic E-state index is 0.0505. The summed E-state index contributed by atoms with van der Waals surface area (Å²) in [5, 5.41) is 18.3. The number of nitrogens with zero attached hydrogens (tertiary/aromatic N) is 2. The number of amides is 2. The van der Waals surface area contributed by atoms with E-state index >= 15 is 0 Å². The van der Waals surface area contributed by atoms with E-state index in [-0.39, 0.29) is 36.1 Å². The Morgan fingerprint density at radius 2 is 1.47 bits per heavy atom. The molecular weight excluding hydrogens is 613 g/mol. The molecule has 0 spiro atoms. The minimum Gasteiger partial charge on any atom is -0.478 e. The lowest BCUT2D eigenvalue weighted by Gasteiger charge is -2.33. The van der Waals surface area contributed by atoms with Crippen molar-refractivity contribution in [1.82, 2.24) is 4.90 Å². The van der Waals surface area contributed by atoms with Gasteiger partial charge in [-0.1, -0.05) is 0 Å². The smallest absolute Gasteiger partial charge is 0.328 e. The van der Waals surface area contributed by atoms with Crippen molar-refractivity contribution in [2.75, 3.05) is 43.2 Å². The van der Waals surface area contributed by atoms with Crippen LogP contribution in [0.15, 0.2) is 78.9 Å². The second kappa shape index (κ2) is 16.1. The van der Waals surface area contributed by atoms with Crippen molar-refractivity contribution in [3.05, 3.63) is 95.8 Å². The number of benzene rings is 3. The zero-order chi connectivity index (χ0) is 33.9. The highest BCUT2D eigenvalue weighted by Crippen LogP contribution is 2.36. The summed E-state index contributed by atoms with van der Waals surface area (Å²) >= 11 is 0. The number of carboxylic acids is 2.